The molecule has 6 heteroatoms. The van der Waals surface area contributed by atoms with Crippen LogP contribution in [0.15, 0.2) is 0 Å². The maximum atomic E-state index is 11.3. The second-order valence-corrected chi connectivity index (χ2v) is 4.62. The molecule has 4 nitrogen and oxygen atoms in total. The van der Waals surface area contributed by atoms with Crippen molar-refractivity contribution in [2.24, 2.45) is 0 Å². The summed E-state index contributed by atoms with van der Waals surface area (Å²) in [5.41, 5.74) is 0. The molecule has 1 aliphatic rings. The highest BCUT2D eigenvalue weighted by atomic mass is 35.5. The van der Waals surface area contributed by atoms with Crippen LogP contribution < -0.4 is 10.6 Å². The molecule has 2 N–H and O–H groups in total. The van der Waals surface area contributed by atoms with Crippen molar-refractivity contribution in [1.29, 1.82) is 0 Å². The van der Waals surface area contributed by atoms with Gasteiger partial charge in [-0.25, -0.2) is 0 Å². The van der Waals surface area contributed by atoms with E-state index in [0.29, 0.717) is 6.42 Å². The molecule has 0 aromatic carbocycles. The van der Waals surface area contributed by atoms with Gasteiger partial charge in [-0.05, 0) is 26.9 Å². The predicted molar refractivity (Wildman–Crippen MR) is 80.9 cm³/mol. The predicted octanol–water partition coefficient (Wildman–Crippen LogP) is 1.43. The molecule has 18 heavy (non-hydrogen) atoms. The molecule has 1 rings (SSSR count). The minimum atomic E-state index is 0. The largest absolute Gasteiger partial charge is 0.355 e. The number of amides is 1. The molecule has 1 amide bonds. The van der Waals surface area contributed by atoms with Gasteiger partial charge in [-0.2, -0.15) is 0 Å². The van der Waals surface area contributed by atoms with Crippen molar-refractivity contribution in [1.82, 2.24) is 15.5 Å². The van der Waals surface area contributed by atoms with Gasteiger partial charge in [0, 0.05) is 32.1 Å². The third kappa shape index (κ3) is 8.14. The number of nitrogens with zero attached hydrogens (tertiary/aromatic N) is 1. The Morgan fingerprint density at radius 1 is 1.22 bits per heavy atom. The first kappa shape index (κ1) is 20.3. The number of carbonyl (C=O) groups is 1. The highest BCUT2D eigenvalue weighted by Crippen LogP contribution is 2.21. The van der Waals surface area contributed by atoms with E-state index in [4.69, 9.17) is 0 Å². The molecule has 0 unspecified atom stereocenters. The molecule has 1 saturated carbocycles. The number of hydrogen-bond donors (Lipinski definition) is 2. The second-order valence-electron chi connectivity index (χ2n) is 4.62. The highest BCUT2D eigenvalue weighted by molar-refractivity contribution is 5.85. The summed E-state index contributed by atoms with van der Waals surface area (Å²) < 4.78 is 0. The molecule has 0 heterocycles. The molecule has 1 aliphatic carbocycles. The van der Waals surface area contributed by atoms with Crippen molar-refractivity contribution in [3.05, 3.63) is 0 Å². The van der Waals surface area contributed by atoms with Crippen molar-refractivity contribution in [2.75, 3.05) is 33.7 Å². The fraction of sp³-hybridized carbons (Fsp3) is 0.917. The maximum absolute atomic E-state index is 11.3. The Labute approximate surface area is 123 Å². The lowest BCUT2D eigenvalue weighted by Gasteiger charge is -2.23. The SMILES string of the molecule is CNCCC(=O)NCCN(C)C1CCCC1.Cl.Cl. The monoisotopic (exact) mass is 299 g/mol. The Balaban J connectivity index is 0. The average molecular weight is 300 g/mol. The number of likely N-dealkylation sites (N-methyl/N-ethyl adjacent to an activating group) is 1. The van der Waals surface area contributed by atoms with E-state index in [1.54, 1.807) is 0 Å². The van der Waals surface area contributed by atoms with Gasteiger partial charge in [0.25, 0.3) is 0 Å². The van der Waals surface area contributed by atoms with Gasteiger partial charge >= 0.3 is 0 Å². The van der Waals surface area contributed by atoms with E-state index in [1.807, 2.05) is 7.05 Å². The van der Waals surface area contributed by atoms with Crippen LogP contribution in [0.4, 0.5) is 0 Å². The van der Waals surface area contributed by atoms with Crippen LogP contribution in [0.3, 0.4) is 0 Å². The Hall–Kier alpha value is -0.0300. The molecule has 0 saturated heterocycles. The summed E-state index contributed by atoms with van der Waals surface area (Å²) in [6.07, 6.45) is 5.95. The van der Waals surface area contributed by atoms with Crippen molar-refractivity contribution in [3.8, 4) is 0 Å². The fourth-order valence-corrected chi connectivity index (χ4v) is 2.23. The smallest absolute Gasteiger partial charge is 0.221 e. The van der Waals surface area contributed by atoms with Gasteiger partial charge < -0.3 is 15.5 Å². The molecule has 0 spiro atoms. The summed E-state index contributed by atoms with van der Waals surface area (Å²) in [6.45, 7) is 2.50. The number of halogens is 2. The van der Waals surface area contributed by atoms with Crippen LogP contribution >= 0.6 is 24.8 Å². The van der Waals surface area contributed by atoms with E-state index in [-0.39, 0.29) is 30.7 Å². The third-order valence-corrected chi connectivity index (χ3v) is 3.34. The summed E-state index contributed by atoms with van der Waals surface area (Å²) in [5, 5.41) is 5.92. The first-order chi connectivity index (χ1) is 7.74. The van der Waals surface area contributed by atoms with Crippen molar-refractivity contribution >= 4 is 30.7 Å². The minimum absolute atomic E-state index is 0. The second kappa shape index (κ2) is 12.0. The molecule has 0 aromatic heterocycles. The summed E-state index contributed by atoms with van der Waals surface area (Å²) in [7, 11) is 4.02. The van der Waals surface area contributed by atoms with E-state index in [2.05, 4.69) is 22.6 Å². The molecular formula is C12H27Cl2N3O. The molecule has 110 valence electrons. The Morgan fingerprint density at radius 2 is 1.83 bits per heavy atom. The lowest BCUT2D eigenvalue weighted by Crippen LogP contribution is -2.37. The van der Waals surface area contributed by atoms with Gasteiger partial charge in [0.05, 0.1) is 0 Å². The Bertz CT molecular complexity index is 211. The summed E-state index contributed by atoms with van der Waals surface area (Å²) >= 11 is 0. The first-order valence-electron chi connectivity index (χ1n) is 6.35. The van der Waals surface area contributed by atoms with Crippen LogP contribution in [0.2, 0.25) is 0 Å². The molecule has 0 atom stereocenters. The van der Waals surface area contributed by atoms with Gasteiger partial charge in [-0.1, -0.05) is 12.8 Å². The summed E-state index contributed by atoms with van der Waals surface area (Å²) in [5.74, 6) is 0.147. The summed E-state index contributed by atoms with van der Waals surface area (Å²) in [6, 6.07) is 0.745. The van der Waals surface area contributed by atoms with E-state index >= 15 is 0 Å². The topological polar surface area (TPSA) is 44.4 Å². The fourth-order valence-electron chi connectivity index (χ4n) is 2.23. The van der Waals surface area contributed by atoms with E-state index in [1.165, 1.54) is 25.7 Å². The Kier molecular flexibility index (Phi) is 13.6. The standard InChI is InChI=1S/C12H25N3O.2ClH/c1-13-8-7-12(16)14-9-10-15(2)11-5-3-4-6-11;;/h11,13H,3-10H2,1-2H3,(H,14,16);2*1H. The van der Waals surface area contributed by atoms with Gasteiger partial charge in [0.2, 0.25) is 5.91 Å². The zero-order chi connectivity index (χ0) is 11.8. The number of rotatable bonds is 7. The minimum Gasteiger partial charge on any atom is -0.355 e. The maximum Gasteiger partial charge on any atom is 0.221 e. The van der Waals surface area contributed by atoms with Crippen LogP contribution in [-0.4, -0.2) is 50.6 Å². The van der Waals surface area contributed by atoms with Crippen LogP contribution in [0.1, 0.15) is 32.1 Å². The number of carbonyl (C=O) groups excluding carboxylic acids is 1. The van der Waals surface area contributed by atoms with Crippen LogP contribution in [0.5, 0.6) is 0 Å². The zero-order valence-corrected chi connectivity index (χ0v) is 13.0. The van der Waals surface area contributed by atoms with Crippen LogP contribution in [-0.2, 0) is 4.79 Å². The molecule has 0 aliphatic heterocycles. The lowest BCUT2D eigenvalue weighted by molar-refractivity contribution is -0.121. The average Bonchev–Trinajstić information content (AvgIpc) is 2.79. The normalized spacial score (nSPS) is 15.1. The molecule has 0 aromatic rings. The molecular weight excluding hydrogens is 273 g/mol. The quantitative estimate of drug-likeness (QED) is 0.747. The van der Waals surface area contributed by atoms with Crippen molar-refractivity contribution in [2.45, 2.75) is 38.1 Å². The molecule has 0 radical (unpaired) electrons. The lowest BCUT2D eigenvalue weighted by atomic mass is 10.2. The van der Waals surface area contributed by atoms with Gasteiger partial charge in [-0.15, -0.1) is 24.8 Å². The van der Waals surface area contributed by atoms with Gasteiger partial charge in [0.1, 0.15) is 0 Å². The number of hydrogen-bond acceptors (Lipinski definition) is 3. The van der Waals surface area contributed by atoms with Crippen molar-refractivity contribution < 1.29 is 4.79 Å². The first-order valence-corrected chi connectivity index (χ1v) is 6.35. The van der Waals surface area contributed by atoms with Crippen LogP contribution in [0, 0.1) is 0 Å². The zero-order valence-electron chi connectivity index (χ0n) is 11.4. The van der Waals surface area contributed by atoms with Crippen LogP contribution in [0.25, 0.3) is 0 Å². The van der Waals surface area contributed by atoms with Crippen molar-refractivity contribution in [3.63, 3.8) is 0 Å². The van der Waals surface area contributed by atoms with E-state index in [9.17, 15) is 4.79 Å². The van der Waals surface area contributed by atoms with Gasteiger partial charge in [-0.3, -0.25) is 4.79 Å². The van der Waals surface area contributed by atoms with E-state index in [0.717, 1.165) is 25.7 Å². The van der Waals surface area contributed by atoms with Gasteiger partial charge in [0.15, 0.2) is 0 Å². The van der Waals surface area contributed by atoms with E-state index < -0.39 is 0 Å². The molecule has 1 fully saturated rings. The highest BCUT2D eigenvalue weighted by Gasteiger charge is 2.18. The third-order valence-electron chi connectivity index (χ3n) is 3.34. The summed E-state index contributed by atoms with van der Waals surface area (Å²) in [4.78, 5) is 13.7. The Morgan fingerprint density at radius 3 is 2.39 bits per heavy atom. The molecule has 0 bridgehead atoms. The number of nitrogens with one attached hydrogen (secondary N) is 2.